The molecule has 5 aliphatic rings. The van der Waals surface area contributed by atoms with E-state index in [0.717, 1.165) is 38.7 Å². The fourth-order valence-electron chi connectivity index (χ4n) is 11.2. The van der Waals surface area contributed by atoms with Gasteiger partial charge in [-0.3, -0.25) is 4.79 Å². The highest BCUT2D eigenvalue weighted by Gasteiger charge is 2.71. The molecule has 11 atom stereocenters. The van der Waals surface area contributed by atoms with Gasteiger partial charge in [-0.25, -0.2) is 0 Å². The molecule has 0 unspecified atom stereocenters. The number of aliphatic hydroxyl groups is 1. The average Bonchev–Trinajstić information content (AvgIpc) is 2.81. The number of hydrogen-bond donors (Lipinski definition) is 1. The van der Waals surface area contributed by atoms with Crippen molar-refractivity contribution in [3.63, 3.8) is 0 Å². The number of rotatable bonds is 4. The van der Waals surface area contributed by atoms with Gasteiger partial charge in [-0.15, -0.1) is 0 Å². The molecule has 1 heterocycles. The summed E-state index contributed by atoms with van der Waals surface area (Å²) in [6, 6.07) is 0. The molecule has 4 fully saturated rings. The molecule has 36 heavy (non-hydrogen) atoms. The van der Waals surface area contributed by atoms with Crippen LogP contribution in [0.5, 0.6) is 0 Å². The van der Waals surface area contributed by atoms with E-state index in [4.69, 9.17) is 9.47 Å². The topological polar surface area (TPSA) is 55.8 Å². The second kappa shape index (κ2) is 8.39. The summed E-state index contributed by atoms with van der Waals surface area (Å²) in [5, 5.41) is 11.3. The maximum absolute atomic E-state index is 13.6. The van der Waals surface area contributed by atoms with Crippen molar-refractivity contribution < 1.29 is 19.4 Å². The van der Waals surface area contributed by atoms with Crippen LogP contribution in [-0.2, 0) is 14.3 Å². The number of aliphatic hydroxyl groups excluding tert-OH is 1. The molecule has 1 saturated heterocycles. The van der Waals surface area contributed by atoms with E-state index in [1.54, 1.807) is 12.7 Å². The first-order valence-corrected chi connectivity index (χ1v) is 14.7. The molecule has 3 saturated carbocycles. The van der Waals surface area contributed by atoms with E-state index < -0.39 is 6.10 Å². The average molecular weight is 501 g/mol. The van der Waals surface area contributed by atoms with Gasteiger partial charge in [-0.2, -0.15) is 0 Å². The Morgan fingerprint density at radius 2 is 1.78 bits per heavy atom. The molecule has 0 spiro atoms. The van der Waals surface area contributed by atoms with E-state index in [1.807, 2.05) is 6.92 Å². The fraction of sp³-hybridized carbons (Fsp3) is 0.906. The van der Waals surface area contributed by atoms with E-state index >= 15 is 0 Å². The number of carbonyl (C=O) groups excluding carboxylic acids is 1. The second-order valence-electron chi connectivity index (χ2n) is 15.0. The number of carbonyl (C=O) groups is 1. The normalized spacial score (nSPS) is 53.1. The van der Waals surface area contributed by atoms with Gasteiger partial charge in [0.1, 0.15) is 5.78 Å². The highest BCUT2D eigenvalue weighted by atomic mass is 16.5. The molecule has 2 bridgehead atoms. The molecule has 204 valence electrons. The Kier molecular flexibility index (Phi) is 6.27. The zero-order chi connectivity index (χ0) is 26.5. The highest BCUT2D eigenvalue weighted by Crippen LogP contribution is 2.74. The predicted molar refractivity (Wildman–Crippen MR) is 143 cm³/mol. The van der Waals surface area contributed by atoms with Gasteiger partial charge in [0.05, 0.1) is 25.4 Å². The lowest BCUT2D eigenvalue weighted by Crippen LogP contribution is -2.69. The van der Waals surface area contributed by atoms with Crippen molar-refractivity contribution in [2.45, 2.75) is 106 Å². The summed E-state index contributed by atoms with van der Waals surface area (Å²) in [6.07, 6.45) is 8.33. The van der Waals surface area contributed by atoms with Crippen molar-refractivity contribution in [1.82, 2.24) is 0 Å². The molecular weight excluding hydrogens is 448 g/mol. The SMILES string of the molecule is CO[C@@H]1C[C@@]23COC[C@](C)([C@@H]2CC[C@H]2C3=CC[C@@]3(C)[C@H](C(C)=O)[C@@](C)([C@H](C)C(C)C)CC[C@]23C)[C@H]1O. The van der Waals surface area contributed by atoms with E-state index in [1.165, 1.54) is 6.42 Å². The third-order valence-corrected chi connectivity index (χ3v) is 13.6. The number of fused-ring (bicyclic) bond motifs is 3. The van der Waals surface area contributed by atoms with Crippen molar-refractivity contribution in [3.05, 3.63) is 11.6 Å². The number of methoxy groups -OCH3 is 1. The fourth-order valence-corrected chi connectivity index (χ4v) is 11.2. The van der Waals surface area contributed by atoms with Crippen molar-refractivity contribution in [2.75, 3.05) is 20.3 Å². The Labute approximate surface area is 220 Å². The molecule has 0 aromatic carbocycles. The third kappa shape index (κ3) is 3.13. The van der Waals surface area contributed by atoms with Gasteiger partial charge in [0, 0.05) is 23.9 Å². The van der Waals surface area contributed by atoms with Gasteiger partial charge in [0.25, 0.3) is 0 Å². The first-order chi connectivity index (χ1) is 16.7. The number of ether oxygens (including phenoxy) is 2. The van der Waals surface area contributed by atoms with E-state index in [-0.39, 0.29) is 39.1 Å². The molecule has 4 heteroatoms. The minimum Gasteiger partial charge on any atom is -0.390 e. The van der Waals surface area contributed by atoms with Crippen LogP contribution in [0.25, 0.3) is 0 Å². The molecule has 1 aliphatic heterocycles. The lowest BCUT2D eigenvalue weighted by Gasteiger charge is -2.71. The maximum Gasteiger partial charge on any atom is 0.134 e. The Hall–Kier alpha value is -0.710. The van der Waals surface area contributed by atoms with Gasteiger partial charge in [-0.05, 0) is 85.4 Å². The Morgan fingerprint density at radius 3 is 2.39 bits per heavy atom. The molecular formula is C32H52O4. The van der Waals surface area contributed by atoms with Crippen LogP contribution < -0.4 is 0 Å². The third-order valence-electron chi connectivity index (χ3n) is 13.6. The van der Waals surface area contributed by atoms with E-state index in [9.17, 15) is 9.90 Å². The summed E-state index contributed by atoms with van der Waals surface area (Å²) >= 11 is 0. The zero-order valence-electron chi connectivity index (χ0n) is 24.4. The molecule has 1 N–H and O–H groups in total. The first kappa shape index (κ1) is 26.9. The Morgan fingerprint density at radius 1 is 1.08 bits per heavy atom. The lowest BCUT2D eigenvalue weighted by molar-refractivity contribution is -0.256. The van der Waals surface area contributed by atoms with Crippen molar-refractivity contribution in [1.29, 1.82) is 0 Å². The molecule has 4 aliphatic carbocycles. The van der Waals surface area contributed by atoms with Gasteiger partial charge in [-0.1, -0.05) is 60.1 Å². The van der Waals surface area contributed by atoms with Crippen molar-refractivity contribution >= 4 is 5.78 Å². The van der Waals surface area contributed by atoms with Crippen LogP contribution in [0, 0.1) is 56.7 Å². The zero-order valence-corrected chi connectivity index (χ0v) is 24.4. The van der Waals surface area contributed by atoms with Gasteiger partial charge >= 0.3 is 0 Å². The molecule has 0 radical (unpaired) electrons. The number of allylic oxidation sites excluding steroid dienone is 1. The van der Waals surface area contributed by atoms with Crippen LogP contribution in [0.3, 0.4) is 0 Å². The van der Waals surface area contributed by atoms with Crippen LogP contribution >= 0.6 is 0 Å². The quantitative estimate of drug-likeness (QED) is 0.450. The van der Waals surface area contributed by atoms with Crippen LogP contribution in [-0.4, -0.2) is 43.4 Å². The summed E-state index contributed by atoms with van der Waals surface area (Å²) in [7, 11) is 1.76. The molecule has 5 rings (SSSR count). The molecule has 0 amide bonds. The number of ketones is 1. The van der Waals surface area contributed by atoms with E-state index in [0.29, 0.717) is 36.1 Å². The number of Topliss-reactive ketones (excluding diaryl/α,β-unsaturated/α-hetero) is 1. The summed E-state index contributed by atoms with van der Waals surface area (Å²) in [5.41, 5.74) is 1.30. The van der Waals surface area contributed by atoms with Crippen LogP contribution in [0.2, 0.25) is 0 Å². The molecule has 4 nitrogen and oxygen atoms in total. The summed E-state index contributed by atoms with van der Waals surface area (Å²) in [4.78, 5) is 13.6. The first-order valence-electron chi connectivity index (χ1n) is 14.7. The monoisotopic (exact) mass is 500 g/mol. The van der Waals surface area contributed by atoms with Crippen LogP contribution in [0.15, 0.2) is 11.6 Å². The molecule has 0 aromatic heterocycles. The van der Waals surface area contributed by atoms with Crippen LogP contribution in [0.4, 0.5) is 0 Å². The Bertz CT molecular complexity index is 940. The van der Waals surface area contributed by atoms with Gasteiger partial charge in [0.2, 0.25) is 0 Å². The number of hydrogen-bond acceptors (Lipinski definition) is 4. The lowest BCUT2D eigenvalue weighted by atomic mass is 9.34. The second-order valence-corrected chi connectivity index (χ2v) is 15.0. The predicted octanol–water partition coefficient (Wildman–Crippen LogP) is 6.46. The van der Waals surface area contributed by atoms with Crippen molar-refractivity contribution in [2.24, 2.45) is 56.7 Å². The maximum atomic E-state index is 13.6. The van der Waals surface area contributed by atoms with E-state index in [2.05, 4.69) is 54.5 Å². The van der Waals surface area contributed by atoms with Crippen molar-refractivity contribution in [3.8, 4) is 0 Å². The Balaban J connectivity index is 1.62. The smallest absolute Gasteiger partial charge is 0.134 e. The van der Waals surface area contributed by atoms with Gasteiger partial charge in [0.15, 0.2) is 0 Å². The minimum absolute atomic E-state index is 0.0255. The summed E-state index contributed by atoms with van der Waals surface area (Å²) in [5.74, 6) is 2.41. The summed E-state index contributed by atoms with van der Waals surface area (Å²) in [6.45, 7) is 19.9. The highest BCUT2D eigenvalue weighted by molar-refractivity contribution is 5.80. The van der Waals surface area contributed by atoms with Gasteiger partial charge < -0.3 is 14.6 Å². The minimum atomic E-state index is -0.488. The largest absolute Gasteiger partial charge is 0.390 e. The standard InChI is InChI=1S/C32H52O4/c1-19(2)20(3)28(5)14-15-30(7)22-10-11-25-29(6)17-36-18-32(25,16-24(35-9)27(29)34)23(22)12-13-31(30,8)26(28)21(4)33/h12,19-20,22,24-27,34H,10-11,13-18H2,1-9H3/t20-,22+,24-,25+,26-,27+,28-,29-,30-,31+,32+/m1/s1. The molecule has 0 aromatic rings. The summed E-state index contributed by atoms with van der Waals surface area (Å²) < 4.78 is 12.3. The van der Waals surface area contributed by atoms with Crippen LogP contribution in [0.1, 0.15) is 93.9 Å².